The first-order valence-corrected chi connectivity index (χ1v) is 9.03. The summed E-state index contributed by atoms with van der Waals surface area (Å²) in [4.78, 5) is 4.18. The van der Waals surface area contributed by atoms with Gasteiger partial charge in [-0.2, -0.15) is 0 Å². The highest BCUT2D eigenvalue weighted by Crippen LogP contribution is 2.37. The summed E-state index contributed by atoms with van der Waals surface area (Å²) in [6, 6.07) is 13.4. The largest absolute Gasteiger partial charge is 0.494 e. The van der Waals surface area contributed by atoms with Crippen molar-refractivity contribution in [2.24, 2.45) is 0 Å². The van der Waals surface area contributed by atoms with Gasteiger partial charge in [0.05, 0.1) is 32.3 Å². The molecule has 2 aromatic heterocycles. The fourth-order valence-electron chi connectivity index (χ4n) is 2.99. The van der Waals surface area contributed by atoms with E-state index in [2.05, 4.69) is 15.3 Å². The topological polar surface area (TPSA) is 62.1 Å². The summed E-state index contributed by atoms with van der Waals surface area (Å²) in [5.74, 6) is 0.656. The van der Waals surface area contributed by atoms with Crippen LogP contribution >= 0.6 is 11.6 Å². The summed E-state index contributed by atoms with van der Waals surface area (Å²) in [6.45, 7) is 0. The van der Waals surface area contributed by atoms with Gasteiger partial charge in [0.2, 0.25) is 5.88 Å². The Morgan fingerprint density at radius 1 is 1.00 bits per heavy atom. The fourth-order valence-corrected chi connectivity index (χ4v) is 3.17. The Bertz CT molecular complexity index is 1180. The van der Waals surface area contributed by atoms with Gasteiger partial charge in [0.1, 0.15) is 17.3 Å². The van der Waals surface area contributed by atoms with E-state index in [1.807, 2.05) is 6.07 Å². The van der Waals surface area contributed by atoms with E-state index < -0.39 is 0 Å². The molecule has 6 nitrogen and oxygen atoms in total. The first kappa shape index (κ1) is 18.9. The van der Waals surface area contributed by atoms with Crippen LogP contribution in [0.15, 0.2) is 60.9 Å². The van der Waals surface area contributed by atoms with Gasteiger partial charge < -0.3 is 9.47 Å². The highest BCUT2D eigenvalue weighted by atomic mass is 35.5. The van der Waals surface area contributed by atoms with Crippen LogP contribution in [0.1, 0.15) is 0 Å². The molecule has 0 saturated carbocycles. The maximum Gasteiger partial charge on any atom is 0.213 e. The fraction of sp³-hybridized carbons (Fsp3) is 0.0952. The molecule has 0 amide bonds. The average molecular weight is 411 g/mol. The van der Waals surface area contributed by atoms with Crippen LogP contribution in [0, 0.1) is 5.82 Å². The van der Waals surface area contributed by atoms with Crippen LogP contribution in [0.2, 0.25) is 5.02 Å². The maximum atomic E-state index is 13.6. The molecule has 2 heterocycles. The van der Waals surface area contributed by atoms with E-state index in [4.69, 9.17) is 21.1 Å². The molecule has 0 aliphatic heterocycles. The van der Waals surface area contributed by atoms with Gasteiger partial charge in [-0.15, -0.1) is 5.10 Å². The van der Waals surface area contributed by atoms with Crippen molar-refractivity contribution in [1.29, 1.82) is 0 Å². The van der Waals surface area contributed by atoms with Crippen molar-refractivity contribution in [2.45, 2.75) is 0 Å². The van der Waals surface area contributed by atoms with Crippen molar-refractivity contribution in [2.75, 3.05) is 14.2 Å². The van der Waals surface area contributed by atoms with E-state index in [1.54, 1.807) is 61.6 Å². The minimum absolute atomic E-state index is 0.335. The zero-order valence-corrected chi connectivity index (χ0v) is 16.4. The number of benzene rings is 2. The third-order valence-corrected chi connectivity index (χ3v) is 4.62. The summed E-state index contributed by atoms with van der Waals surface area (Å²) < 4.78 is 25.9. The van der Waals surface area contributed by atoms with Crippen molar-refractivity contribution in [3.8, 4) is 39.7 Å². The summed E-state index contributed by atoms with van der Waals surface area (Å²) in [6.07, 6.45) is 3.31. The van der Waals surface area contributed by atoms with Crippen molar-refractivity contribution in [3.05, 3.63) is 71.8 Å². The number of pyridine rings is 1. The molecule has 0 radical (unpaired) electrons. The Balaban J connectivity index is 1.86. The molecule has 0 saturated heterocycles. The van der Waals surface area contributed by atoms with Crippen molar-refractivity contribution in [1.82, 2.24) is 20.0 Å². The number of nitrogens with zero attached hydrogens (tertiary/aromatic N) is 4. The third kappa shape index (κ3) is 3.77. The molecule has 0 bridgehead atoms. The minimum Gasteiger partial charge on any atom is -0.494 e. The summed E-state index contributed by atoms with van der Waals surface area (Å²) in [5.41, 5.74) is 3.39. The molecule has 0 aliphatic rings. The first-order chi connectivity index (χ1) is 14.1. The second-order valence-corrected chi connectivity index (χ2v) is 6.58. The van der Waals surface area contributed by atoms with Gasteiger partial charge in [0.15, 0.2) is 0 Å². The van der Waals surface area contributed by atoms with Crippen LogP contribution in [0.3, 0.4) is 0 Å². The van der Waals surface area contributed by atoms with E-state index in [-0.39, 0.29) is 5.82 Å². The van der Waals surface area contributed by atoms with Crippen molar-refractivity contribution < 1.29 is 13.9 Å². The normalized spacial score (nSPS) is 10.8. The van der Waals surface area contributed by atoms with Crippen molar-refractivity contribution >= 4 is 11.6 Å². The number of aromatic nitrogens is 4. The van der Waals surface area contributed by atoms with Gasteiger partial charge in [0.25, 0.3) is 0 Å². The number of hydrogen-bond donors (Lipinski definition) is 0. The Morgan fingerprint density at radius 2 is 1.86 bits per heavy atom. The minimum atomic E-state index is -0.335. The predicted octanol–water partition coefficient (Wildman–Crippen LogP) is 4.81. The lowest BCUT2D eigenvalue weighted by molar-refractivity contribution is 0.388. The van der Waals surface area contributed by atoms with Crippen LogP contribution < -0.4 is 9.47 Å². The second kappa shape index (κ2) is 7.89. The molecule has 0 spiro atoms. The van der Waals surface area contributed by atoms with E-state index in [0.717, 1.165) is 16.8 Å². The van der Waals surface area contributed by atoms with E-state index in [9.17, 15) is 4.39 Å². The SMILES string of the molecule is COc1cc(-c2cc(Cl)ccc2-n2cc(-c3cccc(F)c3)nn2)c(OC)cn1. The third-order valence-electron chi connectivity index (χ3n) is 4.38. The molecule has 4 aromatic rings. The number of rotatable bonds is 5. The molecule has 0 N–H and O–H groups in total. The van der Waals surface area contributed by atoms with Crippen LogP contribution in [0.25, 0.3) is 28.1 Å². The van der Waals surface area contributed by atoms with Gasteiger partial charge in [-0.25, -0.2) is 14.1 Å². The van der Waals surface area contributed by atoms with E-state index in [1.165, 1.54) is 12.1 Å². The maximum absolute atomic E-state index is 13.6. The quantitative estimate of drug-likeness (QED) is 0.472. The summed E-state index contributed by atoms with van der Waals surface area (Å²) in [7, 11) is 3.11. The van der Waals surface area contributed by atoms with Crippen molar-refractivity contribution in [3.63, 3.8) is 0 Å². The van der Waals surface area contributed by atoms with Gasteiger partial charge in [-0.3, -0.25) is 0 Å². The Morgan fingerprint density at radius 3 is 2.62 bits per heavy atom. The van der Waals surface area contributed by atoms with Gasteiger partial charge in [0, 0.05) is 27.8 Å². The molecule has 0 aliphatic carbocycles. The number of hydrogen-bond acceptors (Lipinski definition) is 5. The second-order valence-electron chi connectivity index (χ2n) is 6.15. The summed E-state index contributed by atoms with van der Waals surface area (Å²) in [5, 5.41) is 8.95. The Hall–Kier alpha value is -3.45. The predicted molar refractivity (Wildman–Crippen MR) is 108 cm³/mol. The molecule has 0 unspecified atom stereocenters. The monoisotopic (exact) mass is 410 g/mol. The smallest absolute Gasteiger partial charge is 0.213 e. The summed E-state index contributed by atoms with van der Waals surface area (Å²) >= 11 is 6.27. The highest BCUT2D eigenvalue weighted by Gasteiger charge is 2.16. The van der Waals surface area contributed by atoms with Crippen LogP contribution in [0.4, 0.5) is 4.39 Å². The zero-order chi connectivity index (χ0) is 20.4. The number of methoxy groups -OCH3 is 2. The lowest BCUT2D eigenvalue weighted by Gasteiger charge is -2.14. The Labute approximate surface area is 171 Å². The van der Waals surface area contributed by atoms with Crippen LogP contribution in [-0.2, 0) is 0 Å². The highest BCUT2D eigenvalue weighted by molar-refractivity contribution is 6.31. The van der Waals surface area contributed by atoms with Gasteiger partial charge in [-0.05, 0) is 30.3 Å². The Kier molecular flexibility index (Phi) is 5.14. The van der Waals surface area contributed by atoms with Gasteiger partial charge >= 0.3 is 0 Å². The van der Waals surface area contributed by atoms with Gasteiger partial charge in [-0.1, -0.05) is 28.9 Å². The lowest BCUT2D eigenvalue weighted by atomic mass is 10.0. The molecule has 29 heavy (non-hydrogen) atoms. The van der Waals surface area contributed by atoms with Crippen LogP contribution in [-0.4, -0.2) is 34.2 Å². The average Bonchev–Trinajstić information content (AvgIpc) is 3.23. The zero-order valence-electron chi connectivity index (χ0n) is 15.6. The standard InChI is InChI=1S/C21H16ClFN4O2/c1-28-20-11-24-21(29-2)10-17(20)16-9-14(22)6-7-19(16)27-12-18(25-26-27)13-4-3-5-15(23)8-13/h3-12H,1-2H3. The number of ether oxygens (including phenoxy) is 2. The molecule has 4 rings (SSSR count). The lowest BCUT2D eigenvalue weighted by Crippen LogP contribution is -2.00. The molecule has 8 heteroatoms. The molecule has 2 aromatic carbocycles. The van der Waals surface area contributed by atoms with Crippen LogP contribution in [0.5, 0.6) is 11.6 Å². The molecule has 146 valence electrons. The molecular weight excluding hydrogens is 395 g/mol. The molecular formula is C21H16ClFN4O2. The molecule has 0 atom stereocenters. The van der Waals surface area contributed by atoms with E-state index in [0.29, 0.717) is 27.9 Å². The molecule has 0 fully saturated rings. The first-order valence-electron chi connectivity index (χ1n) is 8.65. The van der Waals surface area contributed by atoms with E-state index >= 15 is 0 Å². The number of halogens is 2.